The SMILES string of the molecule is C=CCOC(=O)N[C@H]1CCCCNC1=O. The summed E-state index contributed by atoms with van der Waals surface area (Å²) in [6, 6.07) is -0.468. The van der Waals surface area contributed by atoms with Gasteiger partial charge in [0.1, 0.15) is 12.6 Å². The van der Waals surface area contributed by atoms with E-state index in [1.165, 1.54) is 6.08 Å². The van der Waals surface area contributed by atoms with E-state index in [2.05, 4.69) is 17.2 Å². The molecule has 1 heterocycles. The average Bonchev–Trinajstić information content (AvgIpc) is 2.42. The molecule has 1 aliphatic heterocycles. The van der Waals surface area contributed by atoms with Crippen molar-refractivity contribution < 1.29 is 14.3 Å². The van der Waals surface area contributed by atoms with E-state index in [1.54, 1.807) is 0 Å². The Morgan fingerprint density at radius 1 is 1.67 bits per heavy atom. The van der Waals surface area contributed by atoms with Crippen LogP contribution in [-0.4, -0.2) is 31.2 Å². The number of rotatable bonds is 3. The smallest absolute Gasteiger partial charge is 0.408 e. The molecule has 0 aromatic heterocycles. The van der Waals surface area contributed by atoms with Gasteiger partial charge in [0, 0.05) is 6.54 Å². The Morgan fingerprint density at radius 3 is 3.20 bits per heavy atom. The largest absolute Gasteiger partial charge is 0.445 e. The first-order chi connectivity index (χ1) is 7.24. The molecule has 0 aromatic carbocycles. The zero-order chi connectivity index (χ0) is 11.1. The van der Waals surface area contributed by atoms with Gasteiger partial charge >= 0.3 is 6.09 Å². The molecule has 1 aliphatic rings. The molecule has 0 saturated carbocycles. The maximum absolute atomic E-state index is 11.4. The van der Waals surface area contributed by atoms with Gasteiger partial charge in [0.05, 0.1) is 0 Å². The van der Waals surface area contributed by atoms with Crippen molar-refractivity contribution in [3.63, 3.8) is 0 Å². The second-order valence-corrected chi connectivity index (χ2v) is 3.37. The van der Waals surface area contributed by atoms with E-state index in [-0.39, 0.29) is 12.5 Å². The number of hydrogen-bond donors (Lipinski definition) is 2. The third-order valence-corrected chi connectivity index (χ3v) is 2.16. The second kappa shape index (κ2) is 6.06. The molecule has 0 radical (unpaired) electrons. The van der Waals surface area contributed by atoms with Crippen LogP contribution in [-0.2, 0) is 9.53 Å². The molecule has 0 aliphatic carbocycles. The highest BCUT2D eigenvalue weighted by Gasteiger charge is 2.22. The molecule has 2 amide bonds. The molecule has 15 heavy (non-hydrogen) atoms. The molecule has 1 atom stereocenters. The monoisotopic (exact) mass is 212 g/mol. The van der Waals surface area contributed by atoms with Crippen molar-refractivity contribution in [2.45, 2.75) is 25.3 Å². The van der Waals surface area contributed by atoms with Crippen molar-refractivity contribution in [3.05, 3.63) is 12.7 Å². The third-order valence-electron chi connectivity index (χ3n) is 2.16. The predicted octanol–water partition coefficient (Wildman–Crippen LogP) is 0.567. The van der Waals surface area contributed by atoms with E-state index in [0.29, 0.717) is 13.0 Å². The van der Waals surface area contributed by atoms with Crippen LogP contribution in [0, 0.1) is 0 Å². The number of carbonyl (C=O) groups excluding carboxylic acids is 2. The van der Waals surface area contributed by atoms with E-state index >= 15 is 0 Å². The lowest BCUT2D eigenvalue weighted by atomic mass is 10.1. The van der Waals surface area contributed by atoms with Gasteiger partial charge < -0.3 is 15.4 Å². The average molecular weight is 212 g/mol. The first-order valence-electron chi connectivity index (χ1n) is 5.06. The Hall–Kier alpha value is -1.52. The molecular weight excluding hydrogens is 196 g/mol. The topological polar surface area (TPSA) is 67.4 Å². The fourth-order valence-electron chi connectivity index (χ4n) is 1.40. The van der Waals surface area contributed by atoms with Gasteiger partial charge in [0.15, 0.2) is 0 Å². The van der Waals surface area contributed by atoms with Crippen LogP contribution in [0.3, 0.4) is 0 Å². The van der Waals surface area contributed by atoms with Gasteiger partial charge in [-0.2, -0.15) is 0 Å². The van der Waals surface area contributed by atoms with Crippen LogP contribution in [0.15, 0.2) is 12.7 Å². The van der Waals surface area contributed by atoms with Crippen molar-refractivity contribution in [2.24, 2.45) is 0 Å². The van der Waals surface area contributed by atoms with Gasteiger partial charge in [-0.05, 0) is 19.3 Å². The summed E-state index contributed by atoms with van der Waals surface area (Å²) >= 11 is 0. The normalized spacial score (nSPS) is 21.1. The highest BCUT2D eigenvalue weighted by Crippen LogP contribution is 2.05. The molecule has 1 rings (SSSR count). The molecular formula is C10H16N2O3. The first kappa shape index (κ1) is 11.6. The minimum Gasteiger partial charge on any atom is -0.445 e. The molecule has 1 saturated heterocycles. The van der Waals surface area contributed by atoms with Crippen molar-refractivity contribution in [2.75, 3.05) is 13.2 Å². The lowest BCUT2D eigenvalue weighted by Gasteiger charge is -2.14. The number of carbonyl (C=O) groups is 2. The summed E-state index contributed by atoms with van der Waals surface area (Å²) in [5.74, 6) is -0.136. The molecule has 0 aromatic rings. The van der Waals surface area contributed by atoms with Gasteiger partial charge in [0.25, 0.3) is 0 Å². The van der Waals surface area contributed by atoms with Crippen LogP contribution in [0.1, 0.15) is 19.3 Å². The second-order valence-electron chi connectivity index (χ2n) is 3.37. The Labute approximate surface area is 88.9 Å². The van der Waals surface area contributed by atoms with Crippen molar-refractivity contribution in [3.8, 4) is 0 Å². The predicted molar refractivity (Wildman–Crippen MR) is 55.3 cm³/mol. The fourth-order valence-corrected chi connectivity index (χ4v) is 1.40. The summed E-state index contributed by atoms with van der Waals surface area (Å²) in [4.78, 5) is 22.6. The van der Waals surface area contributed by atoms with Crippen molar-refractivity contribution in [1.29, 1.82) is 0 Å². The number of amides is 2. The summed E-state index contributed by atoms with van der Waals surface area (Å²) in [5, 5.41) is 5.25. The fraction of sp³-hybridized carbons (Fsp3) is 0.600. The Bertz CT molecular complexity index is 253. The van der Waals surface area contributed by atoms with Crippen LogP contribution in [0.4, 0.5) is 4.79 Å². The number of hydrogen-bond acceptors (Lipinski definition) is 3. The number of nitrogens with one attached hydrogen (secondary N) is 2. The van der Waals surface area contributed by atoms with Gasteiger partial charge in [-0.1, -0.05) is 12.7 Å². The minimum atomic E-state index is -0.572. The van der Waals surface area contributed by atoms with E-state index < -0.39 is 12.1 Å². The summed E-state index contributed by atoms with van der Waals surface area (Å²) in [6.45, 7) is 4.26. The van der Waals surface area contributed by atoms with Gasteiger partial charge in [0.2, 0.25) is 5.91 Å². The van der Waals surface area contributed by atoms with E-state index in [1.807, 2.05) is 0 Å². The highest BCUT2D eigenvalue weighted by molar-refractivity contribution is 5.85. The maximum Gasteiger partial charge on any atom is 0.408 e. The van der Waals surface area contributed by atoms with Gasteiger partial charge in [-0.15, -0.1) is 0 Å². The van der Waals surface area contributed by atoms with Crippen molar-refractivity contribution in [1.82, 2.24) is 10.6 Å². The molecule has 5 heteroatoms. The maximum atomic E-state index is 11.4. The molecule has 84 valence electrons. The molecule has 0 unspecified atom stereocenters. The first-order valence-corrected chi connectivity index (χ1v) is 5.06. The third kappa shape index (κ3) is 4.01. The Balaban J connectivity index is 2.37. The van der Waals surface area contributed by atoms with Crippen LogP contribution in [0.5, 0.6) is 0 Å². The molecule has 1 fully saturated rings. The standard InChI is InChI=1S/C10H16N2O3/c1-2-7-15-10(14)12-8-5-3-4-6-11-9(8)13/h2,8H,1,3-7H2,(H,11,13)(H,12,14)/t8-/m0/s1. The zero-order valence-corrected chi connectivity index (χ0v) is 8.62. The van der Waals surface area contributed by atoms with Crippen LogP contribution < -0.4 is 10.6 Å². The summed E-state index contributed by atoms with van der Waals surface area (Å²) in [7, 11) is 0. The molecule has 2 N–H and O–H groups in total. The van der Waals surface area contributed by atoms with E-state index in [9.17, 15) is 9.59 Å². The molecule has 0 bridgehead atoms. The molecule has 0 spiro atoms. The van der Waals surface area contributed by atoms with E-state index in [4.69, 9.17) is 4.74 Å². The van der Waals surface area contributed by atoms with Crippen LogP contribution in [0.2, 0.25) is 0 Å². The Kier molecular flexibility index (Phi) is 4.66. The van der Waals surface area contributed by atoms with Crippen LogP contribution >= 0.6 is 0 Å². The van der Waals surface area contributed by atoms with Gasteiger partial charge in [-0.3, -0.25) is 4.79 Å². The molecule has 5 nitrogen and oxygen atoms in total. The highest BCUT2D eigenvalue weighted by atomic mass is 16.5. The van der Waals surface area contributed by atoms with Gasteiger partial charge in [-0.25, -0.2) is 4.79 Å². The minimum absolute atomic E-state index is 0.136. The number of ether oxygens (including phenoxy) is 1. The van der Waals surface area contributed by atoms with Crippen molar-refractivity contribution >= 4 is 12.0 Å². The lowest BCUT2D eigenvalue weighted by molar-refractivity contribution is -0.122. The Morgan fingerprint density at radius 2 is 2.47 bits per heavy atom. The quantitative estimate of drug-likeness (QED) is 0.672. The summed E-state index contributed by atoms with van der Waals surface area (Å²) < 4.78 is 4.73. The summed E-state index contributed by atoms with van der Waals surface area (Å²) in [6.07, 6.45) is 3.44. The lowest BCUT2D eigenvalue weighted by Crippen LogP contribution is -2.45. The van der Waals surface area contributed by atoms with Crippen LogP contribution in [0.25, 0.3) is 0 Å². The summed E-state index contributed by atoms with van der Waals surface area (Å²) in [5.41, 5.74) is 0. The zero-order valence-electron chi connectivity index (χ0n) is 8.62. The number of alkyl carbamates (subject to hydrolysis) is 1. The van der Waals surface area contributed by atoms with E-state index in [0.717, 1.165) is 12.8 Å².